The molecule has 1 aromatic heterocycles. The summed E-state index contributed by atoms with van der Waals surface area (Å²) >= 11 is 6.34. The van der Waals surface area contributed by atoms with Crippen molar-refractivity contribution in [1.82, 2.24) is 4.98 Å². The maximum Gasteiger partial charge on any atom is 0.337 e. The normalized spacial score (nSPS) is 18.4. The van der Waals surface area contributed by atoms with Gasteiger partial charge in [0.25, 0.3) is 0 Å². The van der Waals surface area contributed by atoms with Crippen LogP contribution < -0.4 is 0 Å². The Hall–Kier alpha value is -2.30. The monoisotopic (exact) mass is 345 g/mol. The summed E-state index contributed by atoms with van der Waals surface area (Å²) in [5.74, 6) is -1.14. The van der Waals surface area contributed by atoms with Crippen LogP contribution in [-0.4, -0.2) is 21.2 Å². The van der Waals surface area contributed by atoms with E-state index in [2.05, 4.69) is 4.98 Å². The third-order valence-electron chi connectivity index (χ3n) is 4.54. The van der Waals surface area contributed by atoms with E-state index in [1.807, 2.05) is 0 Å². The van der Waals surface area contributed by atoms with Gasteiger partial charge < -0.3 is 15.2 Å². The van der Waals surface area contributed by atoms with E-state index < -0.39 is 11.6 Å². The predicted octanol–water partition coefficient (Wildman–Crippen LogP) is 4.56. The third kappa shape index (κ3) is 2.30. The maximum absolute atomic E-state index is 11.4. The van der Waals surface area contributed by atoms with Crippen LogP contribution in [0.2, 0.25) is 5.02 Å². The molecule has 0 unspecified atom stereocenters. The lowest BCUT2D eigenvalue weighted by atomic mass is 9.75. The number of H-pyrrole nitrogens is 1. The Bertz CT molecular complexity index is 1130. The maximum atomic E-state index is 11.4. The third-order valence-corrected chi connectivity index (χ3v) is 4.85. The number of nitrogens with one attached hydrogen (secondary N) is 1. The van der Waals surface area contributed by atoms with Gasteiger partial charge in [0.05, 0.1) is 21.7 Å². The van der Waals surface area contributed by atoms with Crippen molar-refractivity contribution in [3.63, 3.8) is 0 Å². The Balaban J connectivity index is 2.01. The molecule has 5 heteroatoms. The SMILES string of the molecule is [2H]c1c([2H])c(C2(O)CCC2)c([2H])c([2H])c1-c1cc2c(C(=O)O)c[nH]c2cc1Cl. The van der Waals surface area contributed by atoms with E-state index in [9.17, 15) is 15.0 Å². The molecule has 1 fully saturated rings. The molecule has 24 heavy (non-hydrogen) atoms. The minimum absolute atomic E-state index is 0.00238. The number of hydrogen-bond acceptors (Lipinski definition) is 2. The molecular formula is C19H16ClNO3. The Labute approximate surface area is 149 Å². The molecule has 122 valence electrons. The fraction of sp³-hybridized carbons (Fsp3) is 0.211. The zero-order valence-corrected chi connectivity index (χ0v) is 13.3. The van der Waals surface area contributed by atoms with Gasteiger partial charge >= 0.3 is 5.97 Å². The fourth-order valence-corrected chi connectivity index (χ4v) is 3.21. The van der Waals surface area contributed by atoms with Crippen molar-refractivity contribution in [3.8, 4) is 11.1 Å². The number of carboxylic acids is 1. The smallest absolute Gasteiger partial charge is 0.337 e. The van der Waals surface area contributed by atoms with Crippen molar-refractivity contribution in [1.29, 1.82) is 0 Å². The minimum atomic E-state index is -1.34. The lowest BCUT2D eigenvalue weighted by Gasteiger charge is -2.37. The van der Waals surface area contributed by atoms with E-state index in [1.165, 1.54) is 18.3 Å². The van der Waals surface area contributed by atoms with Crippen molar-refractivity contribution < 1.29 is 20.5 Å². The topological polar surface area (TPSA) is 73.3 Å². The number of aliphatic hydroxyl groups is 1. The highest BCUT2D eigenvalue weighted by Crippen LogP contribution is 2.42. The number of aromatic carboxylic acids is 1. The quantitative estimate of drug-likeness (QED) is 0.651. The number of fused-ring (bicyclic) bond motifs is 1. The van der Waals surface area contributed by atoms with E-state index in [0.29, 0.717) is 23.7 Å². The van der Waals surface area contributed by atoms with Crippen molar-refractivity contribution in [2.45, 2.75) is 24.9 Å². The Morgan fingerprint density at radius 1 is 1.25 bits per heavy atom. The highest BCUT2D eigenvalue weighted by atomic mass is 35.5. The highest BCUT2D eigenvalue weighted by Gasteiger charge is 2.35. The number of aromatic amines is 1. The van der Waals surface area contributed by atoms with Gasteiger partial charge in [-0.1, -0.05) is 35.8 Å². The zero-order valence-electron chi connectivity index (χ0n) is 16.5. The van der Waals surface area contributed by atoms with Crippen LogP contribution in [0.5, 0.6) is 0 Å². The van der Waals surface area contributed by atoms with Crippen LogP contribution in [0, 0.1) is 0 Å². The summed E-state index contributed by atoms with van der Waals surface area (Å²) in [7, 11) is 0. The second kappa shape index (κ2) is 5.36. The molecule has 0 atom stereocenters. The Kier molecular flexibility index (Phi) is 2.52. The molecule has 3 N–H and O–H groups in total. The summed E-state index contributed by atoms with van der Waals surface area (Å²) in [4.78, 5) is 14.2. The van der Waals surface area contributed by atoms with E-state index in [4.69, 9.17) is 17.1 Å². The second-order valence-electron chi connectivity index (χ2n) is 6.02. The first-order valence-electron chi connectivity index (χ1n) is 9.53. The molecule has 1 aliphatic rings. The van der Waals surface area contributed by atoms with Crippen molar-refractivity contribution >= 4 is 28.5 Å². The molecule has 4 nitrogen and oxygen atoms in total. The standard InChI is InChI=1S/C19H16ClNO3/c20-16-9-17-14(15(10-21-17)18(22)23)8-13(16)11-2-4-12(5-3-11)19(24)6-1-7-19/h2-5,8-10,21,24H,1,6-7H2,(H,22,23)/i2D,3D,4D,5D. The van der Waals surface area contributed by atoms with E-state index in [-0.39, 0.29) is 51.4 Å². The summed E-state index contributed by atoms with van der Waals surface area (Å²) in [5.41, 5.74) is -0.650. The summed E-state index contributed by atoms with van der Waals surface area (Å²) in [5, 5.41) is 20.5. The minimum Gasteiger partial charge on any atom is -0.478 e. The largest absolute Gasteiger partial charge is 0.478 e. The molecule has 1 aliphatic carbocycles. The van der Waals surface area contributed by atoms with Crippen molar-refractivity contribution in [3.05, 3.63) is 58.6 Å². The molecule has 0 saturated heterocycles. The Morgan fingerprint density at radius 3 is 2.54 bits per heavy atom. The predicted molar refractivity (Wildman–Crippen MR) is 93.5 cm³/mol. The summed E-state index contributed by atoms with van der Waals surface area (Å²) < 4.78 is 33.5. The van der Waals surface area contributed by atoms with Crippen LogP contribution in [0.3, 0.4) is 0 Å². The first-order valence-corrected chi connectivity index (χ1v) is 7.91. The lowest BCUT2D eigenvalue weighted by molar-refractivity contribution is -0.0387. The van der Waals surface area contributed by atoms with E-state index in [1.54, 1.807) is 0 Å². The first-order chi connectivity index (χ1) is 13.2. The Morgan fingerprint density at radius 2 is 1.96 bits per heavy atom. The van der Waals surface area contributed by atoms with Gasteiger partial charge in [0, 0.05) is 22.7 Å². The number of rotatable bonds is 3. The molecule has 1 saturated carbocycles. The van der Waals surface area contributed by atoms with Crippen molar-refractivity contribution in [2.75, 3.05) is 0 Å². The van der Waals surface area contributed by atoms with Gasteiger partial charge in [0.15, 0.2) is 0 Å². The number of halogens is 1. The molecule has 3 aromatic rings. The van der Waals surface area contributed by atoms with Gasteiger partial charge in [-0.05, 0) is 42.5 Å². The number of carboxylic acid groups (broad SMARTS) is 1. The van der Waals surface area contributed by atoms with Crippen LogP contribution in [0.25, 0.3) is 22.0 Å². The van der Waals surface area contributed by atoms with Crippen LogP contribution in [0.15, 0.2) is 42.5 Å². The van der Waals surface area contributed by atoms with Crippen LogP contribution in [-0.2, 0) is 5.60 Å². The lowest BCUT2D eigenvalue weighted by Crippen LogP contribution is -2.33. The van der Waals surface area contributed by atoms with Gasteiger partial charge in [0.1, 0.15) is 0 Å². The fourth-order valence-electron chi connectivity index (χ4n) is 2.95. The number of benzene rings is 2. The molecule has 4 rings (SSSR count). The number of hydrogen-bond donors (Lipinski definition) is 3. The number of carbonyl (C=O) groups is 1. The first kappa shape index (κ1) is 11.3. The van der Waals surface area contributed by atoms with Gasteiger partial charge in [0.2, 0.25) is 0 Å². The second-order valence-corrected chi connectivity index (χ2v) is 6.43. The number of aromatic nitrogens is 1. The van der Waals surface area contributed by atoms with Gasteiger partial charge in [-0.2, -0.15) is 0 Å². The summed E-state index contributed by atoms with van der Waals surface area (Å²) in [6, 6.07) is 1.72. The molecule has 1 heterocycles. The van der Waals surface area contributed by atoms with Crippen LogP contribution in [0.1, 0.15) is 40.7 Å². The molecular weight excluding hydrogens is 326 g/mol. The zero-order chi connectivity index (χ0) is 20.4. The summed E-state index contributed by atoms with van der Waals surface area (Å²) in [6.07, 6.45) is 2.87. The molecule has 0 radical (unpaired) electrons. The van der Waals surface area contributed by atoms with Crippen LogP contribution >= 0.6 is 11.6 Å². The van der Waals surface area contributed by atoms with Crippen molar-refractivity contribution in [2.24, 2.45) is 0 Å². The molecule has 2 aromatic carbocycles. The highest BCUT2D eigenvalue weighted by molar-refractivity contribution is 6.34. The van der Waals surface area contributed by atoms with Crippen LogP contribution in [0.4, 0.5) is 0 Å². The molecule has 0 spiro atoms. The van der Waals surface area contributed by atoms with Gasteiger partial charge in [-0.15, -0.1) is 0 Å². The molecule has 0 aliphatic heterocycles. The van der Waals surface area contributed by atoms with Gasteiger partial charge in [-0.25, -0.2) is 4.79 Å². The van der Waals surface area contributed by atoms with Gasteiger partial charge in [-0.3, -0.25) is 0 Å². The molecule has 0 amide bonds. The van der Waals surface area contributed by atoms with E-state index in [0.717, 1.165) is 6.42 Å². The average Bonchev–Trinajstić information content (AvgIpc) is 3.02. The molecule has 0 bridgehead atoms. The van der Waals surface area contributed by atoms with E-state index >= 15 is 0 Å². The average molecular weight is 346 g/mol. The summed E-state index contributed by atoms with van der Waals surface area (Å²) in [6.45, 7) is 0.